The lowest BCUT2D eigenvalue weighted by Crippen LogP contribution is -2.30. The van der Waals surface area contributed by atoms with Crippen molar-refractivity contribution in [2.24, 2.45) is 28.2 Å². The summed E-state index contributed by atoms with van der Waals surface area (Å²) in [5.74, 6) is -5.23. The normalized spacial score (nSPS) is 15.6. The van der Waals surface area contributed by atoms with Crippen LogP contribution < -0.4 is 18.3 Å². The lowest BCUT2D eigenvalue weighted by atomic mass is 9.91. The highest BCUT2D eigenvalue weighted by Crippen LogP contribution is 2.32. The summed E-state index contributed by atoms with van der Waals surface area (Å²) in [6.07, 6.45) is 9.01. The van der Waals surface area contributed by atoms with Gasteiger partial charge in [0.05, 0.1) is 0 Å². The number of benzene rings is 8. The summed E-state index contributed by atoms with van der Waals surface area (Å²) in [6, 6.07) is 70.1. The van der Waals surface area contributed by atoms with Crippen LogP contribution in [0.15, 0.2) is 243 Å². The van der Waals surface area contributed by atoms with E-state index in [4.69, 9.17) is 27.4 Å². The highest BCUT2D eigenvalue weighted by atomic mass is 14.9. The fourth-order valence-corrected chi connectivity index (χ4v) is 11.9. The molecule has 0 amide bonds. The first-order valence-corrected chi connectivity index (χ1v) is 31.8. The topological polar surface area (TPSA) is 15.5 Å². The molecule has 94 heavy (non-hydrogen) atoms. The van der Waals surface area contributed by atoms with Crippen LogP contribution in [-0.2, 0) is 41.0 Å². The number of aryl methyl sites for hydroxylation is 14. The van der Waals surface area contributed by atoms with Crippen molar-refractivity contribution in [3.8, 4) is 89.5 Å². The van der Waals surface area contributed by atoms with E-state index in [2.05, 4.69) is 158 Å². The Kier molecular flexibility index (Phi) is 15.5. The maximum atomic E-state index is 8.66. The minimum atomic E-state index is -3.26. The summed E-state index contributed by atoms with van der Waals surface area (Å²) in [5, 5.41) is 0. The van der Waals surface area contributed by atoms with E-state index in [0.717, 1.165) is 102 Å². The number of nitrogens with zero attached hydrogens (tertiary/aromatic N) is 4. The van der Waals surface area contributed by atoms with Crippen LogP contribution >= 0.6 is 0 Å². The van der Waals surface area contributed by atoms with Crippen molar-refractivity contribution in [1.29, 1.82) is 0 Å². The van der Waals surface area contributed by atoms with Gasteiger partial charge in [0.2, 0.25) is 22.8 Å². The van der Waals surface area contributed by atoms with Crippen LogP contribution in [0.2, 0.25) is 0 Å². The summed E-state index contributed by atoms with van der Waals surface area (Å²) < 4.78 is 165. The highest BCUT2D eigenvalue weighted by molar-refractivity contribution is 5.71. The fourth-order valence-electron chi connectivity index (χ4n) is 11.9. The molecule has 0 spiro atoms. The van der Waals surface area contributed by atoms with Gasteiger partial charge in [-0.1, -0.05) is 198 Å². The molecule has 4 aromatic heterocycles. The summed E-state index contributed by atoms with van der Waals surface area (Å²) in [4.78, 5) is 0. The predicted octanol–water partition coefficient (Wildman–Crippen LogP) is 21.2. The quantitative estimate of drug-likeness (QED) is 0.108. The zero-order valence-electron chi connectivity index (χ0n) is 76.3. The molecule has 0 aliphatic heterocycles. The molecule has 4 nitrogen and oxygen atoms in total. The largest absolute Gasteiger partial charge is 0.212 e. The number of rotatable bonds is 12. The van der Waals surface area contributed by atoms with Gasteiger partial charge in [-0.25, -0.2) is 18.3 Å². The van der Waals surface area contributed by atoms with E-state index in [1.807, 2.05) is 131 Å². The molecular weight excluding hydrogens is 1140 g/mol. The van der Waals surface area contributed by atoms with E-state index in [0.29, 0.717) is 22.3 Å². The summed E-state index contributed by atoms with van der Waals surface area (Å²) in [5.41, 5.74) is 24.9. The molecule has 1 atom stereocenters. The monoisotopic (exact) mass is 1260 g/mol. The third-order valence-corrected chi connectivity index (χ3v) is 17.2. The van der Waals surface area contributed by atoms with Gasteiger partial charge in [0.15, 0.2) is 24.8 Å². The van der Waals surface area contributed by atoms with Crippen LogP contribution in [-0.4, -0.2) is 0 Å². The highest BCUT2D eigenvalue weighted by Gasteiger charge is 2.19. The Balaban J connectivity index is 0.000000176. The summed E-state index contributed by atoms with van der Waals surface area (Å²) in [7, 11) is 7.94. The Bertz CT molecular complexity index is 5440. The van der Waals surface area contributed by atoms with Crippen molar-refractivity contribution >= 4 is 0 Å². The van der Waals surface area contributed by atoms with Crippen LogP contribution in [0.5, 0.6) is 0 Å². The van der Waals surface area contributed by atoms with Gasteiger partial charge in [0, 0.05) is 96.2 Å². The Morgan fingerprint density at radius 1 is 0.319 bits per heavy atom. The van der Waals surface area contributed by atoms with Crippen molar-refractivity contribution in [2.75, 3.05) is 0 Å². The molecule has 0 N–H and O–H groups in total. The van der Waals surface area contributed by atoms with Crippen LogP contribution in [0.25, 0.3) is 89.5 Å². The van der Waals surface area contributed by atoms with Crippen molar-refractivity contribution in [3.05, 3.63) is 310 Å². The van der Waals surface area contributed by atoms with E-state index in [1.165, 1.54) is 52.4 Å². The first-order chi connectivity index (χ1) is 53.0. The number of aromatic nitrogens is 4. The van der Waals surface area contributed by atoms with Gasteiger partial charge in [-0.15, -0.1) is 0 Å². The average Bonchev–Trinajstić information content (AvgIpc) is 0.729. The van der Waals surface area contributed by atoms with Gasteiger partial charge in [-0.3, -0.25) is 0 Å². The van der Waals surface area contributed by atoms with Crippen LogP contribution in [0.3, 0.4) is 0 Å². The molecule has 12 rings (SSSR count). The van der Waals surface area contributed by atoms with Gasteiger partial charge in [0.1, 0.15) is 28.2 Å². The molecule has 0 aliphatic rings. The molecule has 1 unspecified atom stereocenters. The second kappa shape index (κ2) is 31.3. The zero-order valence-corrected chi connectivity index (χ0v) is 56.3. The van der Waals surface area contributed by atoms with Crippen LogP contribution in [0, 0.1) is 55.2 Å². The predicted molar refractivity (Wildman–Crippen MR) is 399 cm³/mol. The smallest absolute Gasteiger partial charge is 0.200 e. The second-order valence-electron chi connectivity index (χ2n) is 24.4. The Morgan fingerprint density at radius 3 is 1.06 bits per heavy atom. The first-order valence-electron chi connectivity index (χ1n) is 41.8. The minimum absolute atomic E-state index is 0.0985. The molecule has 4 heterocycles. The first kappa shape index (κ1) is 46.4. The van der Waals surface area contributed by atoms with Gasteiger partial charge in [-0.2, -0.15) is 0 Å². The van der Waals surface area contributed by atoms with Crippen LogP contribution in [0.1, 0.15) is 147 Å². The number of pyridine rings is 4. The molecule has 0 saturated carbocycles. The number of hydrogen-bond donors (Lipinski definition) is 0. The lowest BCUT2D eigenvalue weighted by Gasteiger charge is -2.14. The van der Waals surface area contributed by atoms with Crippen molar-refractivity contribution in [2.45, 2.75) is 121 Å². The minimum Gasteiger partial charge on any atom is -0.200 e. The zero-order chi connectivity index (χ0) is 84.2. The Labute approximate surface area is 592 Å². The fraction of sp³-hybridized carbons (Fsp3) is 0.244. The molecular formula is C90H100N4+4. The van der Waals surface area contributed by atoms with E-state index in [-0.39, 0.29) is 12.0 Å². The second-order valence-corrected chi connectivity index (χ2v) is 24.4. The van der Waals surface area contributed by atoms with Gasteiger partial charge in [0.25, 0.3) is 0 Å². The van der Waals surface area contributed by atoms with Gasteiger partial charge in [-0.05, 0) is 206 Å². The van der Waals surface area contributed by atoms with Gasteiger partial charge >= 0.3 is 0 Å². The lowest BCUT2D eigenvalue weighted by molar-refractivity contribution is -0.660. The molecule has 0 bridgehead atoms. The van der Waals surface area contributed by atoms with E-state index >= 15 is 0 Å². The van der Waals surface area contributed by atoms with Crippen molar-refractivity contribution in [1.82, 2.24) is 0 Å². The Morgan fingerprint density at radius 2 is 0.691 bits per heavy atom. The molecule has 0 radical (unpaired) electrons. The van der Waals surface area contributed by atoms with E-state index < -0.39 is 58.5 Å². The molecule has 0 fully saturated rings. The molecule has 12 aromatic rings. The third kappa shape index (κ3) is 16.9. The molecule has 476 valence electrons. The van der Waals surface area contributed by atoms with Crippen LogP contribution in [0.4, 0.5) is 0 Å². The van der Waals surface area contributed by atoms with Crippen molar-refractivity contribution < 1.29 is 45.7 Å². The molecule has 4 heteroatoms. The third-order valence-electron chi connectivity index (χ3n) is 17.2. The summed E-state index contributed by atoms with van der Waals surface area (Å²) in [6.45, 7) is -0.0605. The SMILES string of the molecule is [2H]C([2H])([2H])C([2H])(C)c1cc(-c2ccc(-c3ccccc3C)[n+](C)c2)cc(C([2H])(C([2H])([2H])[2H])C([2H])([2H])[2H])c1.[2H]C([2H])([2H])Cc1cc(CC)cc(-c2ccc(-c3ccccc3C)[n+](C)c2)c1.[2H]C([2H])([2H])c1cc(C)cc(-c2ccc(-c3ccccc3C)[n+](C)c2)c1.[2H]C([2H])([2H])c1ccc(-c2ccc(-c3ccccc3C)[n+](C)c2)cc1C. The molecule has 0 saturated heterocycles. The maximum Gasteiger partial charge on any atom is 0.212 e. The standard InChI is InChI=1S/C25H30N.C23H26N.2C21H22N/c1-17(2)21-13-22(18(3)4)15-23(14-21)20-11-12-25(26(6)16-20)24-10-8-7-9-19(24)5;1-5-18-13-19(6-2)15-21(14-18)20-11-12-23(24(4)16-20)22-10-8-7-9-17(22)3;1-15-11-16(2)13-19(12-15)18-9-10-21(22(4)14-18)20-8-6-5-7-17(20)3;1-15-9-10-18(13-17(15)3)19-11-12-21(22(4)14-19)20-8-6-5-7-16(20)2/h7-18H,1-6H3;7-16H,5-6H2,1-4H3;2*5-14H,1-4H3/q4*+1/i1D3,2D3,3D3,17D,18D;3*1D3. The summed E-state index contributed by atoms with van der Waals surface area (Å²) >= 11 is 0. The van der Waals surface area contributed by atoms with E-state index in [9.17, 15) is 0 Å². The van der Waals surface area contributed by atoms with Gasteiger partial charge < -0.3 is 0 Å². The molecule has 8 aromatic carbocycles. The van der Waals surface area contributed by atoms with Crippen molar-refractivity contribution in [3.63, 3.8) is 0 Å². The average molecular weight is 1260 g/mol. The molecule has 0 aliphatic carbocycles. The maximum absolute atomic E-state index is 8.66. The van der Waals surface area contributed by atoms with E-state index in [1.54, 1.807) is 30.5 Å². The number of hydrogen-bond acceptors (Lipinski definition) is 0. The Hall–Kier alpha value is -9.64.